The first-order chi connectivity index (χ1) is 17.5. The van der Waals surface area contributed by atoms with Gasteiger partial charge in [0.05, 0.1) is 0 Å². The molecule has 0 aromatic heterocycles. The van der Waals surface area contributed by atoms with E-state index in [-0.39, 0.29) is 27.7 Å². The second-order valence-corrected chi connectivity index (χ2v) is 12.1. The molecule has 0 aliphatic rings. The van der Waals surface area contributed by atoms with Crippen LogP contribution in [-0.2, 0) is 26.7 Å². The van der Waals surface area contributed by atoms with E-state index in [1.165, 1.54) is 24.3 Å². The Bertz CT molecular complexity index is 1510. The highest BCUT2D eigenvalue weighted by Crippen LogP contribution is 2.34. The molecule has 0 heterocycles. The SMILES string of the molecule is Cc1ccc(S(=O)(=O)Oc2c(C)cccc2Cc2cccc(C)c2OS(=O)(=O)c2ccc(C)cc2)cc1. The molecule has 0 saturated heterocycles. The zero-order valence-electron chi connectivity index (χ0n) is 21.1. The first-order valence-electron chi connectivity index (χ1n) is 11.7. The van der Waals surface area contributed by atoms with Crippen molar-refractivity contribution >= 4 is 20.2 Å². The van der Waals surface area contributed by atoms with Crippen molar-refractivity contribution in [3.8, 4) is 11.5 Å². The van der Waals surface area contributed by atoms with Crippen LogP contribution in [0.3, 0.4) is 0 Å². The van der Waals surface area contributed by atoms with Crippen molar-refractivity contribution < 1.29 is 25.2 Å². The topological polar surface area (TPSA) is 86.7 Å². The maximum Gasteiger partial charge on any atom is 0.339 e. The summed E-state index contributed by atoms with van der Waals surface area (Å²) < 4.78 is 63.4. The molecule has 4 aromatic rings. The van der Waals surface area contributed by atoms with Gasteiger partial charge in [0.15, 0.2) is 0 Å². The third kappa shape index (κ3) is 6.03. The fraction of sp³-hybridized carbons (Fsp3) is 0.172. The summed E-state index contributed by atoms with van der Waals surface area (Å²) in [6.45, 7) is 7.27. The second kappa shape index (κ2) is 10.4. The summed E-state index contributed by atoms with van der Waals surface area (Å²) in [4.78, 5) is 0.104. The van der Waals surface area contributed by atoms with E-state index in [9.17, 15) is 16.8 Å². The number of aryl methyl sites for hydroxylation is 4. The summed E-state index contributed by atoms with van der Waals surface area (Å²) in [7, 11) is -8.16. The average molecular weight is 537 g/mol. The van der Waals surface area contributed by atoms with Gasteiger partial charge in [-0.2, -0.15) is 16.8 Å². The molecule has 0 aliphatic carbocycles. The smallest absolute Gasteiger partial charge is 0.339 e. The molecule has 6 nitrogen and oxygen atoms in total. The Hall–Kier alpha value is -3.62. The van der Waals surface area contributed by atoms with Crippen molar-refractivity contribution in [3.63, 3.8) is 0 Å². The molecule has 0 radical (unpaired) electrons. The molecule has 0 unspecified atom stereocenters. The van der Waals surface area contributed by atoms with Crippen LogP contribution in [0.15, 0.2) is 94.7 Å². The van der Waals surface area contributed by atoms with Gasteiger partial charge in [-0.25, -0.2) is 0 Å². The Morgan fingerprint density at radius 3 is 1.22 bits per heavy atom. The summed E-state index contributed by atoms with van der Waals surface area (Å²) in [6.07, 6.45) is 0.195. The second-order valence-electron chi connectivity index (χ2n) is 9.00. The maximum atomic E-state index is 13.0. The Kier molecular flexibility index (Phi) is 7.43. The van der Waals surface area contributed by atoms with E-state index in [1.54, 1.807) is 74.5 Å². The Morgan fingerprint density at radius 2 is 0.865 bits per heavy atom. The van der Waals surface area contributed by atoms with Gasteiger partial charge in [-0.05, 0) is 63.1 Å². The van der Waals surface area contributed by atoms with Gasteiger partial charge < -0.3 is 8.37 Å². The molecule has 0 bridgehead atoms. The lowest BCUT2D eigenvalue weighted by molar-refractivity contribution is 0.479. The zero-order valence-corrected chi connectivity index (χ0v) is 22.7. The lowest BCUT2D eigenvalue weighted by atomic mass is 9.99. The first kappa shape index (κ1) is 26.4. The molecular weight excluding hydrogens is 508 g/mol. The number of rotatable bonds is 8. The highest BCUT2D eigenvalue weighted by atomic mass is 32.2. The summed E-state index contributed by atoms with van der Waals surface area (Å²) in [6, 6.07) is 23.5. The van der Waals surface area contributed by atoms with Gasteiger partial charge in [-0.1, -0.05) is 71.8 Å². The normalized spacial score (nSPS) is 11.8. The summed E-state index contributed by atoms with van der Waals surface area (Å²) >= 11 is 0. The minimum absolute atomic E-state index is 0.0519. The molecule has 4 aromatic carbocycles. The molecule has 0 aliphatic heterocycles. The van der Waals surface area contributed by atoms with Crippen LogP contribution < -0.4 is 8.37 Å². The van der Waals surface area contributed by atoms with E-state index >= 15 is 0 Å². The Labute approximate surface area is 218 Å². The van der Waals surface area contributed by atoms with E-state index < -0.39 is 20.2 Å². The van der Waals surface area contributed by atoms with Crippen LogP contribution in [0.1, 0.15) is 33.4 Å². The van der Waals surface area contributed by atoms with E-state index in [2.05, 4.69) is 0 Å². The third-order valence-corrected chi connectivity index (χ3v) is 8.44. The van der Waals surface area contributed by atoms with Gasteiger partial charge in [0.1, 0.15) is 21.3 Å². The molecule has 0 fully saturated rings. The van der Waals surface area contributed by atoms with Gasteiger partial charge in [0.25, 0.3) is 0 Å². The number of hydrogen-bond acceptors (Lipinski definition) is 6. The van der Waals surface area contributed by atoms with Crippen molar-refractivity contribution in [1.82, 2.24) is 0 Å². The van der Waals surface area contributed by atoms with Crippen molar-refractivity contribution in [3.05, 3.63) is 118 Å². The molecule has 0 spiro atoms. The average Bonchev–Trinajstić information content (AvgIpc) is 2.84. The monoisotopic (exact) mass is 536 g/mol. The van der Waals surface area contributed by atoms with Crippen molar-refractivity contribution in [1.29, 1.82) is 0 Å². The maximum absolute atomic E-state index is 13.0. The van der Waals surface area contributed by atoms with E-state index in [0.29, 0.717) is 22.3 Å². The molecule has 0 N–H and O–H groups in total. The zero-order chi connectivity index (χ0) is 26.8. The largest absolute Gasteiger partial charge is 0.378 e. The van der Waals surface area contributed by atoms with Crippen LogP contribution in [0, 0.1) is 27.7 Å². The molecule has 37 heavy (non-hydrogen) atoms. The van der Waals surface area contributed by atoms with Gasteiger partial charge in [-0.15, -0.1) is 0 Å². The van der Waals surface area contributed by atoms with Gasteiger partial charge in [0.2, 0.25) is 0 Å². The molecule has 0 atom stereocenters. The highest BCUT2D eigenvalue weighted by molar-refractivity contribution is 7.87. The van der Waals surface area contributed by atoms with E-state index in [0.717, 1.165) is 11.1 Å². The molecule has 4 rings (SSSR count). The molecule has 0 saturated carbocycles. The lowest BCUT2D eigenvalue weighted by Crippen LogP contribution is -2.13. The quantitative estimate of drug-likeness (QED) is 0.255. The van der Waals surface area contributed by atoms with E-state index in [4.69, 9.17) is 8.37 Å². The third-order valence-electron chi connectivity index (χ3n) is 5.97. The van der Waals surface area contributed by atoms with Gasteiger partial charge >= 0.3 is 20.2 Å². The fourth-order valence-corrected chi connectivity index (χ4v) is 5.92. The minimum atomic E-state index is -4.08. The number of para-hydroxylation sites is 2. The molecule has 8 heteroatoms. The highest BCUT2D eigenvalue weighted by Gasteiger charge is 2.23. The molecular formula is C29H28O6S2. The van der Waals surface area contributed by atoms with Crippen LogP contribution in [0.5, 0.6) is 11.5 Å². The Balaban J connectivity index is 1.70. The molecule has 192 valence electrons. The summed E-state index contributed by atoms with van der Waals surface area (Å²) in [5, 5.41) is 0. The fourth-order valence-electron chi connectivity index (χ4n) is 3.87. The van der Waals surface area contributed by atoms with Gasteiger partial charge in [0, 0.05) is 17.5 Å². The lowest BCUT2D eigenvalue weighted by Gasteiger charge is -2.17. The predicted octanol–water partition coefficient (Wildman–Crippen LogP) is 6.05. The van der Waals surface area contributed by atoms with Crippen LogP contribution >= 0.6 is 0 Å². The first-order valence-corrected chi connectivity index (χ1v) is 14.5. The van der Waals surface area contributed by atoms with E-state index in [1.807, 2.05) is 13.8 Å². The Morgan fingerprint density at radius 1 is 0.514 bits per heavy atom. The van der Waals surface area contributed by atoms with Crippen LogP contribution in [0.4, 0.5) is 0 Å². The predicted molar refractivity (Wildman–Crippen MR) is 143 cm³/mol. The van der Waals surface area contributed by atoms with Crippen molar-refractivity contribution in [2.24, 2.45) is 0 Å². The molecule has 0 amide bonds. The number of benzene rings is 4. The van der Waals surface area contributed by atoms with Gasteiger partial charge in [-0.3, -0.25) is 0 Å². The van der Waals surface area contributed by atoms with Crippen LogP contribution in [0.2, 0.25) is 0 Å². The standard InChI is InChI=1S/C29H28O6S2/c1-20-11-15-26(16-12-20)36(30,31)34-28-22(3)7-5-9-24(28)19-25-10-6-8-23(4)29(25)35-37(32,33)27-17-13-21(2)14-18-27/h5-18H,19H2,1-4H3. The summed E-state index contributed by atoms with van der Waals surface area (Å²) in [5.41, 5.74) is 4.30. The van der Waals surface area contributed by atoms with Crippen molar-refractivity contribution in [2.75, 3.05) is 0 Å². The van der Waals surface area contributed by atoms with Crippen LogP contribution in [0.25, 0.3) is 0 Å². The minimum Gasteiger partial charge on any atom is -0.378 e. The van der Waals surface area contributed by atoms with Crippen LogP contribution in [-0.4, -0.2) is 16.8 Å². The summed E-state index contributed by atoms with van der Waals surface area (Å²) in [5.74, 6) is 0.411. The van der Waals surface area contributed by atoms with Crippen molar-refractivity contribution in [2.45, 2.75) is 43.9 Å². The number of hydrogen-bond donors (Lipinski definition) is 0.